The number of thiophene rings is 1. The molecule has 11 aromatic carbocycles. The summed E-state index contributed by atoms with van der Waals surface area (Å²) in [6.07, 6.45) is 0. The van der Waals surface area contributed by atoms with E-state index in [1.807, 2.05) is 11.3 Å². The van der Waals surface area contributed by atoms with Gasteiger partial charge in [0.05, 0.1) is 0 Å². The largest absolute Gasteiger partial charge is 0.355 e. The molecule has 5 heteroatoms. The van der Waals surface area contributed by atoms with E-state index in [-0.39, 0.29) is 0 Å². The lowest BCUT2D eigenvalue weighted by Crippen LogP contribution is -2.41. The molecule has 333 valence electrons. The zero-order valence-electron chi connectivity index (χ0n) is 38.8. The average Bonchev–Trinajstić information content (AvgIpc) is 3.82. The number of hydrogen-bond acceptors (Lipinski definition) is 4. The molecule has 1 N–H and O–H groups in total. The average molecular weight is 923 g/mol. The molecule has 0 saturated heterocycles. The molecule has 0 atom stereocenters. The number of hydrogen-bond donors (Lipinski definition) is 1. The van der Waals surface area contributed by atoms with Gasteiger partial charge in [0.15, 0.2) is 7.28 Å². The topological polar surface area (TPSA) is 18.5 Å². The van der Waals surface area contributed by atoms with E-state index in [0.29, 0.717) is 0 Å². The molecule has 0 aliphatic carbocycles. The number of para-hydroxylation sites is 2. The van der Waals surface area contributed by atoms with Gasteiger partial charge in [0, 0.05) is 71.2 Å². The molecule has 3 nitrogen and oxygen atoms in total. The minimum atomic E-state index is 1.03. The van der Waals surface area contributed by atoms with Crippen molar-refractivity contribution in [2.24, 2.45) is 0 Å². The molecule has 0 amide bonds. The van der Waals surface area contributed by atoms with Gasteiger partial charge in [-0.05, 0) is 129 Å². The Morgan fingerprint density at radius 2 is 0.958 bits per heavy atom. The number of anilines is 8. The van der Waals surface area contributed by atoms with Gasteiger partial charge < -0.3 is 15.1 Å². The summed E-state index contributed by atoms with van der Waals surface area (Å²) in [5, 5.41) is 6.49. The summed E-state index contributed by atoms with van der Waals surface area (Å²) >= 11 is 1.87. The first-order valence-corrected chi connectivity index (χ1v) is 25.0. The Bertz CT molecular complexity index is 3840. The fraction of sp³-hybridized carbons (Fsp3) is 0. The molecule has 71 heavy (non-hydrogen) atoms. The van der Waals surface area contributed by atoms with Crippen molar-refractivity contribution >= 4 is 95.2 Å². The number of nitrogens with zero attached hydrogens (tertiary/aromatic N) is 2. The van der Waals surface area contributed by atoms with E-state index in [1.165, 1.54) is 47.9 Å². The van der Waals surface area contributed by atoms with Crippen LogP contribution in [0.2, 0.25) is 0 Å². The smallest absolute Gasteiger partial charge is 0.197 e. The first-order valence-electron chi connectivity index (χ1n) is 24.2. The summed E-state index contributed by atoms with van der Waals surface area (Å²) in [4.78, 5) is 4.87. The van der Waals surface area contributed by atoms with Gasteiger partial charge >= 0.3 is 0 Å². The Hall–Kier alpha value is -8.90. The molecule has 0 fully saturated rings. The molecule has 1 aromatic heterocycles. The van der Waals surface area contributed by atoms with Crippen LogP contribution in [0, 0.1) is 0 Å². The Morgan fingerprint density at radius 1 is 0.394 bits per heavy atom. The van der Waals surface area contributed by atoms with Crippen LogP contribution in [0.15, 0.2) is 267 Å². The van der Waals surface area contributed by atoms with E-state index >= 15 is 0 Å². The second kappa shape index (κ2) is 18.2. The first kappa shape index (κ1) is 42.2. The van der Waals surface area contributed by atoms with Gasteiger partial charge in [0.1, 0.15) is 0 Å². The van der Waals surface area contributed by atoms with Crippen molar-refractivity contribution in [3.05, 3.63) is 267 Å². The monoisotopic (exact) mass is 922 g/mol. The second-order valence-corrected chi connectivity index (χ2v) is 19.1. The maximum absolute atomic E-state index is 3.98. The quantitative estimate of drug-likeness (QED) is 0.138. The van der Waals surface area contributed by atoms with Gasteiger partial charge in [0.25, 0.3) is 0 Å². The fourth-order valence-corrected chi connectivity index (χ4v) is 11.5. The van der Waals surface area contributed by atoms with Crippen LogP contribution >= 0.6 is 11.3 Å². The SMILES string of the molecule is [B]1c2ccc(N(c3ccccc3)c3ccccc3)cc2N(c2cccc(-c3ccccc3)c2)c2cc3sc4ccccc4c3c(-c3cc(-c4ccccc4)ccc3Nc3cccc(-c4ccccc4)c3)c21. The highest BCUT2D eigenvalue weighted by atomic mass is 32.1. The normalized spacial score (nSPS) is 11.7. The lowest BCUT2D eigenvalue weighted by molar-refractivity contribution is 1.26. The van der Waals surface area contributed by atoms with Crippen molar-refractivity contribution < 1.29 is 0 Å². The first-order chi connectivity index (χ1) is 35.2. The van der Waals surface area contributed by atoms with E-state index in [4.69, 9.17) is 0 Å². The van der Waals surface area contributed by atoms with Gasteiger partial charge in [-0.15, -0.1) is 11.3 Å². The third-order valence-electron chi connectivity index (χ3n) is 13.6. The van der Waals surface area contributed by atoms with Gasteiger partial charge in [-0.3, -0.25) is 0 Å². The van der Waals surface area contributed by atoms with Crippen LogP contribution in [-0.2, 0) is 0 Å². The summed E-state index contributed by atoms with van der Waals surface area (Å²) in [7, 11) is 2.44. The lowest BCUT2D eigenvalue weighted by atomic mass is 9.57. The predicted octanol–water partition coefficient (Wildman–Crippen LogP) is 17.4. The van der Waals surface area contributed by atoms with Crippen molar-refractivity contribution in [2.45, 2.75) is 0 Å². The minimum absolute atomic E-state index is 1.03. The van der Waals surface area contributed by atoms with Gasteiger partial charge in [0.2, 0.25) is 0 Å². The number of rotatable bonds is 10. The Kier molecular flexibility index (Phi) is 10.8. The predicted molar refractivity (Wildman–Crippen MR) is 305 cm³/mol. The van der Waals surface area contributed by atoms with Crippen LogP contribution < -0.4 is 26.0 Å². The maximum atomic E-state index is 3.98. The van der Waals surface area contributed by atoms with E-state index in [9.17, 15) is 0 Å². The van der Waals surface area contributed by atoms with Crippen molar-refractivity contribution in [3.8, 4) is 44.5 Å². The van der Waals surface area contributed by atoms with E-state index < -0.39 is 0 Å². The molecule has 0 spiro atoms. The zero-order chi connectivity index (χ0) is 47.1. The Morgan fingerprint density at radius 3 is 1.62 bits per heavy atom. The second-order valence-electron chi connectivity index (χ2n) is 18.0. The highest BCUT2D eigenvalue weighted by Crippen LogP contribution is 2.49. The Labute approximate surface area is 419 Å². The van der Waals surface area contributed by atoms with E-state index in [1.54, 1.807) is 0 Å². The lowest BCUT2D eigenvalue weighted by Gasteiger charge is -2.37. The highest BCUT2D eigenvalue weighted by molar-refractivity contribution is 7.26. The molecule has 0 saturated carbocycles. The van der Waals surface area contributed by atoms with Crippen molar-refractivity contribution in [3.63, 3.8) is 0 Å². The molecule has 2 heterocycles. The standard InChI is InChI=1S/C66H45BN3S/c1-6-20-45(21-7-1)48-26-18-28-51(40-48)68-59-39-36-50(47-24-10-3-11-25-47)42-57(59)65-64-56-34-16-17-35-62(56)71-63(64)44-61-66(65)67-58-38-37-55(69(52-29-12-4-13-30-52)53-31-14-5-15-32-53)43-60(58)70(61)54-33-19-27-49(41-54)46-22-8-2-9-23-46/h1-44,68H. The number of fused-ring (bicyclic) bond motifs is 5. The maximum Gasteiger partial charge on any atom is 0.197 e. The van der Waals surface area contributed by atoms with Crippen LogP contribution in [0.1, 0.15) is 0 Å². The summed E-state index contributed by atoms with van der Waals surface area (Å²) in [6.45, 7) is 0. The van der Waals surface area contributed by atoms with Crippen LogP contribution in [-0.4, -0.2) is 7.28 Å². The van der Waals surface area contributed by atoms with E-state index in [0.717, 1.165) is 73.2 Å². The number of nitrogens with one attached hydrogen (secondary N) is 1. The minimum Gasteiger partial charge on any atom is -0.355 e. The molecule has 0 bridgehead atoms. The fourth-order valence-electron chi connectivity index (χ4n) is 10.3. The third kappa shape index (κ3) is 7.93. The summed E-state index contributed by atoms with van der Waals surface area (Å²) in [5.74, 6) is 0. The summed E-state index contributed by atoms with van der Waals surface area (Å²) in [6, 6.07) is 96.5. The summed E-state index contributed by atoms with van der Waals surface area (Å²) < 4.78 is 2.49. The zero-order valence-corrected chi connectivity index (χ0v) is 39.6. The van der Waals surface area contributed by atoms with Crippen molar-refractivity contribution in [1.82, 2.24) is 0 Å². The molecule has 12 aromatic rings. The molecule has 1 radical (unpaired) electrons. The molecule has 1 aliphatic rings. The van der Waals surface area contributed by atoms with Crippen LogP contribution in [0.5, 0.6) is 0 Å². The van der Waals surface area contributed by atoms with Crippen molar-refractivity contribution in [2.75, 3.05) is 15.1 Å². The molecular weight excluding hydrogens is 878 g/mol. The van der Waals surface area contributed by atoms with Gasteiger partial charge in [-0.1, -0.05) is 187 Å². The third-order valence-corrected chi connectivity index (χ3v) is 14.7. The highest BCUT2D eigenvalue weighted by Gasteiger charge is 2.32. The van der Waals surface area contributed by atoms with Crippen LogP contribution in [0.25, 0.3) is 64.7 Å². The molecular formula is C66H45BN3S. The van der Waals surface area contributed by atoms with Crippen molar-refractivity contribution in [1.29, 1.82) is 0 Å². The van der Waals surface area contributed by atoms with Crippen LogP contribution in [0.3, 0.4) is 0 Å². The molecule has 0 unspecified atom stereocenters. The summed E-state index contributed by atoms with van der Waals surface area (Å²) in [5.41, 5.74) is 20.3. The van der Waals surface area contributed by atoms with Gasteiger partial charge in [-0.2, -0.15) is 0 Å². The van der Waals surface area contributed by atoms with Crippen LogP contribution in [0.4, 0.5) is 45.5 Å². The Balaban J connectivity index is 1.08. The van der Waals surface area contributed by atoms with Gasteiger partial charge in [-0.25, -0.2) is 0 Å². The number of benzene rings is 11. The molecule has 1 aliphatic heterocycles. The van der Waals surface area contributed by atoms with E-state index in [2.05, 4.69) is 289 Å². The molecule has 13 rings (SSSR count).